The summed E-state index contributed by atoms with van der Waals surface area (Å²) in [5, 5.41) is 11.3. The Labute approximate surface area is 222 Å². The fourth-order valence-corrected chi connectivity index (χ4v) is 4.93. The SMILES string of the molecule is COCCOCCOc1ccc(C(O)C(CCC2CCCC2)CC(=O)CCOc2ccc(C)cc2)cc1. The van der Waals surface area contributed by atoms with E-state index in [0.717, 1.165) is 35.8 Å². The van der Waals surface area contributed by atoms with E-state index in [4.69, 9.17) is 18.9 Å². The molecule has 0 spiro atoms. The summed E-state index contributed by atoms with van der Waals surface area (Å²) >= 11 is 0. The van der Waals surface area contributed by atoms with Gasteiger partial charge in [0.2, 0.25) is 0 Å². The summed E-state index contributed by atoms with van der Waals surface area (Å²) in [4.78, 5) is 12.9. The Morgan fingerprint density at radius 3 is 2.19 bits per heavy atom. The third kappa shape index (κ3) is 10.8. The zero-order valence-corrected chi connectivity index (χ0v) is 22.5. The smallest absolute Gasteiger partial charge is 0.136 e. The molecule has 1 fully saturated rings. The van der Waals surface area contributed by atoms with Crippen molar-refractivity contribution in [3.8, 4) is 11.5 Å². The maximum atomic E-state index is 12.9. The highest BCUT2D eigenvalue weighted by molar-refractivity contribution is 5.78. The highest BCUT2D eigenvalue weighted by Crippen LogP contribution is 2.35. The van der Waals surface area contributed by atoms with Crippen molar-refractivity contribution < 1.29 is 28.8 Å². The molecular weight excluding hydrogens is 468 g/mol. The van der Waals surface area contributed by atoms with Crippen LogP contribution in [0.5, 0.6) is 11.5 Å². The Morgan fingerprint density at radius 2 is 1.51 bits per heavy atom. The molecule has 2 atom stereocenters. The van der Waals surface area contributed by atoms with Crippen molar-refractivity contribution >= 4 is 5.78 Å². The van der Waals surface area contributed by atoms with Gasteiger partial charge in [-0.3, -0.25) is 4.79 Å². The molecule has 1 aliphatic rings. The third-order valence-electron chi connectivity index (χ3n) is 7.18. The van der Waals surface area contributed by atoms with Gasteiger partial charge < -0.3 is 24.1 Å². The van der Waals surface area contributed by atoms with E-state index >= 15 is 0 Å². The van der Waals surface area contributed by atoms with E-state index in [1.54, 1.807) is 7.11 Å². The molecule has 0 bridgehead atoms. The maximum absolute atomic E-state index is 12.9. The molecule has 0 radical (unpaired) electrons. The molecule has 1 saturated carbocycles. The molecule has 2 aromatic carbocycles. The molecular formula is C31H44O6. The van der Waals surface area contributed by atoms with Crippen LogP contribution >= 0.6 is 0 Å². The molecule has 3 rings (SSSR count). The number of carbonyl (C=O) groups is 1. The summed E-state index contributed by atoms with van der Waals surface area (Å²) in [5.41, 5.74) is 2.00. The molecule has 0 aliphatic heterocycles. The van der Waals surface area contributed by atoms with Gasteiger partial charge in [0, 0.05) is 20.0 Å². The van der Waals surface area contributed by atoms with Crippen molar-refractivity contribution in [1.82, 2.24) is 0 Å². The van der Waals surface area contributed by atoms with Gasteiger partial charge in [-0.15, -0.1) is 0 Å². The molecule has 2 aromatic rings. The van der Waals surface area contributed by atoms with Gasteiger partial charge in [0.15, 0.2) is 0 Å². The Bertz CT molecular complexity index is 889. The van der Waals surface area contributed by atoms with E-state index in [0.29, 0.717) is 45.9 Å². The van der Waals surface area contributed by atoms with Crippen LogP contribution in [-0.2, 0) is 14.3 Å². The molecule has 6 nitrogen and oxygen atoms in total. The van der Waals surface area contributed by atoms with E-state index < -0.39 is 6.10 Å². The van der Waals surface area contributed by atoms with Crippen molar-refractivity contribution in [3.63, 3.8) is 0 Å². The van der Waals surface area contributed by atoms with Crippen LogP contribution in [0, 0.1) is 18.8 Å². The second-order valence-electron chi connectivity index (χ2n) is 10.1. The number of aryl methyl sites for hydroxylation is 1. The first-order chi connectivity index (χ1) is 18.0. The first-order valence-electron chi connectivity index (χ1n) is 13.7. The molecule has 1 N–H and O–H groups in total. The third-order valence-corrected chi connectivity index (χ3v) is 7.18. The van der Waals surface area contributed by atoms with E-state index in [1.807, 2.05) is 55.5 Å². The average molecular weight is 513 g/mol. The van der Waals surface area contributed by atoms with Gasteiger partial charge in [-0.2, -0.15) is 0 Å². The minimum absolute atomic E-state index is 0.103. The zero-order valence-electron chi connectivity index (χ0n) is 22.5. The number of hydrogen-bond acceptors (Lipinski definition) is 6. The highest BCUT2D eigenvalue weighted by Gasteiger charge is 2.26. The number of carbonyl (C=O) groups excluding carboxylic acids is 1. The first kappa shape index (κ1) is 29.2. The molecule has 2 unspecified atom stereocenters. The lowest BCUT2D eigenvalue weighted by molar-refractivity contribution is -0.121. The molecule has 0 amide bonds. The first-order valence-corrected chi connectivity index (χ1v) is 13.7. The summed E-state index contributed by atoms with van der Waals surface area (Å²) < 4.78 is 21.9. The van der Waals surface area contributed by atoms with Gasteiger partial charge in [-0.05, 0) is 55.0 Å². The van der Waals surface area contributed by atoms with E-state index in [2.05, 4.69) is 0 Å². The van der Waals surface area contributed by atoms with E-state index in [9.17, 15) is 9.90 Å². The largest absolute Gasteiger partial charge is 0.493 e. The minimum atomic E-state index is -0.685. The summed E-state index contributed by atoms with van der Waals surface area (Å²) in [6.07, 6.45) is 7.08. The Kier molecular flexibility index (Phi) is 12.9. The molecule has 1 aliphatic carbocycles. The lowest BCUT2D eigenvalue weighted by Crippen LogP contribution is -2.19. The predicted molar refractivity (Wildman–Crippen MR) is 145 cm³/mol. The van der Waals surface area contributed by atoms with Crippen molar-refractivity contribution in [2.45, 2.75) is 64.4 Å². The van der Waals surface area contributed by atoms with Crippen LogP contribution in [0.15, 0.2) is 48.5 Å². The topological polar surface area (TPSA) is 74.2 Å². The van der Waals surface area contributed by atoms with Gasteiger partial charge in [-0.25, -0.2) is 0 Å². The number of aliphatic hydroxyl groups is 1. The van der Waals surface area contributed by atoms with Crippen LogP contribution < -0.4 is 9.47 Å². The van der Waals surface area contributed by atoms with Crippen molar-refractivity contribution in [2.24, 2.45) is 11.8 Å². The number of Topliss-reactive ketones (excluding diaryl/α,β-unsaturated/α-hetero) is 1. The second-order valence-corrected chi connectivity index (χ2v) is 10.1. The van der Waals surface area contributed by atoms with Crippen LogP contribution in [0.3, 0.4) is 0 Å². The summed E-state index contributed by atoms with van der Waals surface area (Å²) in [5.74, 6) is 2.26. The molecule has 37 heavy (non-hydrogen) atoms. The van der Waals surface area contributed by atoms with Gasteiger partial charge in [0.1, 0.15) is 23.9 Å². The fraction of sp³-hybridized carbons (Fsp3) is 0.581. The minimum Gasteiger partial charge on any atom is -0.493 e. The summed E-state index contributed by atoms with van der Waals surface area (Å²) in [6.45, 7) is 4.45. The lowest BCUT2D eigenvalue weighted by Gasteiger charge is -2.24. The zero-order chi connectivity index (χ0) is 26.3. The molecule has 204 valence electrons. The van der Waals surface area contributed by atoms with Crippen molar-refractivity contribution in [2.75, 3.05) is 40.1 Å². The Hall–Kier alpha value is -2.41. The molecule has 0 saturated heterocycles. The quantitative estimate of drug-likeness (QED) is 0.244. The number of ketones is 1. The highest BCUT2D eigenvalue weighted by atomic mass is 16.5. The van der Waals surface area contributed by atoms with Crippen molar-refractivity contribution in [1.29, 1.82) is 0 Å². The van der Waals surface area contributed by atoms with Crippen LogP contribution in [0.4, 0.5) is 0 Å². The standard InChI is InChI=1S/C31H44O6/c1-24-7-13-29(14-8-24)36-18-17-28(32)23-27(10-9-25-5-3-4-6-25)31(33)26-11-15-30(16-12-26)37-22-21-35-20-19-34-2/h7-8,11-16,25,27,31,33H,3-6,9-10,17-23H2,1-2H3. The van der Waals surface area contributed by atoms with Crippen LogP contribution in [0.2, 0.25) is 0 Å². The summed E-state index contributed by atoms with van der Waals surface area (Å²) in [7, 11) is 1.64. The lowest BCUT2D eigenvalue weighted by atomic mass is 9.84. The number of benzene rings is 2. The predicted octanol–water partition coefficient (Wildman–Crippen LogP) is 6.09. The van der Waals surface area contributed by atoms with Crippen LogP contribution in [0.25, 0.3) is 0 Å². The second kappa shape index (κ2) is 16.4. The number of aliphatic hydroxyl groups excluding tert-OH is 1. The number of methoxy groups -OCH3 is 1. The Morgan fingerprint density at radius 1 is 0.892 bits per heavy atom. The van der Waals surface area contributed by atoms with Gasteiger partial charge in [0.05, 0.1) is 32.5 Å². The van der Waals surface area contributed by atoms with Crippen molar-refractivity contribution in [3.05, 3.63) is 59.7 Å². The average Bonchev–Trinajstić information content (AvgIpc) is 3.43. The van der Waals surface area contributed by atoms with Crippen LogP contribution in [0.1, 0.15) is 68.6 Å². The van der Waals surface area contributed by atoms with Gasteiger partial charge >= 0.3 is 0 Å². The van der Waals surface area contributed by atoms with E-state index in [-0.39, 0.29) is 11.7 Å². The molecule has 0 aromatic heterocycles. The molecule has 0 heterocycles. The van der Waals surface area contributed by atoms with Gasteiger partial charge in [0.25, 0.3) is 0 Å². The van der Waals surface area contributed by atoms with Gasteiger partial charge in [-0.1, -0.05) is 61.9 Å². The monoisotopic (exact) mass is 512 g/mol. The molecule has 6 heteroatoms. The Balaban J connectivity index is 1.50. The maximum Gasteiger partial charge on any atom is 0.136 e. The van der Waals surface area contributed by atoms with Crippen LogP contribution in [-0.4, -0.2) is 51.0 Å². The summed E-state index contributed by atoms with van der Waals surface area (Å²) in [6, 6.07) is 15.4. The normalized spacial score (nSPS) is 15.4. The number of ether oxygens (including phenoxy) is 4. The number of rotatable bonds is 18. The fourth-order valence-electron chi connectivity index (χ4n) is 4.93. The van der Waals surface area contributed by atoms with E-state index in [1.165, 1.54) is 31.2 Å². The number of hydrogen-bond donors (Lipinski definition) is 1.